The number of nitrogens with zero attached hydrogens (tertiary/aromatic N) is 3. The van der Waals surface area contributed by atoms with E-state index in [2.05, 4.69) is 31.1 Å². The van der Waals surface area contributed by atoms with E-state index in [0.29, 0.717) is 91.1 Å². The average molecular weight is 671 g/mol. The van der Waals surface area contributed by atoms with E-state index in [9.17, 15) is 14.4 Å². The number of aryl methyl sites for hydroxylation is 1. The number of unbranched alkanes of at least 4 members (excludes halogenated alkanes) is 2. The van der Waals surface area contributed by atoms with Crippen LogP contribution in [-0.2, 0) is 22.4 Å². The molecule has 258 valence electrons. The fraction of sp³-hybridized carbons (Fsp3) is 0.389. The lowest BCUT2D eigenvalue weighted by Crippen LogP contribution is -2.26. The molecular weight excluding hydrogens is 628 g/mol. The number of amides is 2. The van der Waals surface area contributed by atoms with Gasteiger partial charge in [-0.25, -0.2) is 0 Å². The lowest BCUT2D eigenvalue weighted by atomic mass is 9.95. The number of fused-ring (bicyclic) bond motifs is 3. The predicted molar refractivity (Wildman–Crippen MR) is 184 cm³/mol. The Balaban J connectivity index is 1.17. The van der Waals surface area contributed by atoms with Gasteiger partial charge in [0.05, 0.1) is 33.1 Å². The highest BCUT2D eigenvalue weighted by atomic mass is 16.5. The number of rotatable bonds is 15. The molecule has 2 aromatic carbocycles. The van der Waals surface area contributed by atoms with Crippen molar-refractivity contribution in [3.63, 3.8) is 0 Å². The molecular formula is C36H42N6O7. The minimum Gasteiger partial charge on any atom is -0.493 e. The van der Waals surface area contributed by atoms with Crippen LogP contribution in [0.4, 0.5) is 5.69 Å². The molecule has 13 heteroatoms. The van der Waals surface area contributed by atoms with Gasteiger partial charge in [0.15, 0.2) is 11.5 Å². The van der Waals surface area contributed by atoms with Crippen LogP contribution in [0.25, 0.3) is 22.6 Å². The summed E-state index contributed by atoms with van der Waals surface area (Å²) >= 11 is 0. The predicted octanol–water partition coefficient (Wildman–Crippen LogP) is 4.64. The number of carbonyl (C=O) groups excluding carboxylic acids is 2. The van der Waals surface area contributed by atoms with Crippen molar-refractivity contribution in [3.8, 4) is 39.9 Å². The second-order valence-corrected chi connectivity index (χ2v) is 11.7. The topological polar surface area (TPSA) is 167 Å². The Morgan fingerprint density at radius 1 is 0.980 bits per heavy atom. The lowest BCUT2D eigenvalue weighted by molar-refractivity contribution is -0.121. The molecule has 2 amide bonds. The number of methoxy groups -OCH3 is 3. The second kappa shape index (κ2) is 16.6. The van der Waals surface area contributed by atoms with E-state index >= 15 is 0 Å². The van der Waals surface area contributed by atoms with Gasteiger partial charge in [-0.2, -0.15) is 4.98 Å². The maximum absolute atomic E-state index is 13.5. The molecule has 0 spiro atoms. The van der Waals surface area contributed by atoms with Crippen LogP contribution in [0, 0.1) is 0 Å². The van der Waals surface area contributed by atoms with Crippen LogP contribution in [0.15, 0.2) is 58.0 Å². The van der Waals surface area contributed by atoms with Gasteiger partial charge in [-0.05, 0) is 72.7 Å². The summed E-state index contributed by atoms with van der Waals surface area (Å²) in [6.45, 7) is 2.42. The van der Waals surface area contributed by atoms with Crippen molar-refractivity contribution < 1.29 is 28.3 Å². The van der Waals surface area contributed by atoms with Gasteiger partial charge < -0.3 is 34.7 Å². The molecule has 4 aromatic rings. The number of hydrogen-bond donors (Lipinski definition) is 3. The minimum atomic E-state index is -0.378. The molecule has 0 saturated carbocycles. The van der Waals surface area contributed by atoms with Crippen LogP contribution in [-0.4, -0.2) is 61.4 Å². The van der Waals surface area contributed by atoms with Crippen LogP contribution in [0.1, 0.15) is 62.1 Å². The zero-order chi connectivity index (χ0) is 34.8. The molecule has 5 rings (SSSR count). The first-order valence-corrected chi connectivity index (χ1v) is 16.3. The van der Waals surface area contributed by atoms with Gasteiger partial charge in [-0.3, -0.25) is 19.4 Å². The zero-order valence-electron chi connectivity index (χ0n) is 28.3. The van der Waals surface area contributed by atoms with Crippen molar-refractivity contribution in [2.45, 2.75) is 57.9 Å². The second-order valence-electron chi connectivity index (χ2n) is 11.7. The van der Waals surface area contributed by atoms with Crippen molar-refractivity contribution in [1.82, 2.24) is 25.8 Å². The maximum atomic E-state index is 13.5. The minimum absolute atomic E-state index is 0.0467. The molecule has 1 atom stereocenters. The fourth-order valence-electron chi connectivity index (χ4n) is 6.02. The van der Waals surface area contributed by atoms with E-state index in [1.54, 1.807) is 45.7 Å². The highest BCUT2D eigenvalue weighted by molar-refractivity contribution is 5.83. The van der Waals surface area contributed by atoms with E-state index in [1.165, 1.54) is 6.92 Å². The van der Waals surface area contributed by atoms with Crippen LogP contribution >= 0.6 is 0 Å². The number of carbonyl (C=O) groups is 2. The zero-order valence-corrected chi connectivity index (χ0v) is 28.3. The monoisotopic (exact) mass is 670 g/mol. The smallest absolute Gasteiger partial charge is 0.228 e. The summed E-state index contributed by atoms with van der Waals surface area (Å²) in [5, 5.41) is 13.1. The number of ether oxygens (including phenoxy) is 3. The molecule has 0 fully saturated rings. The molecule has 49 heavy (non-hydrogen) atoms. The Bertz CT molecular complexity index is 1830. The van der Waals surface area contributed by atoms with Crippen molar-refractivity contribution >= 4 is 17.5 Å². The molecule has 2 aromatic heterocycles. The number of anilines is 1. The molecule has 0 radical (unpaired) electrons. The van der Waals surface area contributed by atoms with E-state index in [0.717, 1.165) is 29.5 Å². The van der Waals surface area contributed by atoms with Crippen molar-refractivity contribution in [1.29, 1.82) is 0 Å². The Kier molecular flexibility index (Phi) is 11.8. The summed E-state index contributed by atoms with van der Waals surface area (Å²) in [5.41, 5.74) is 4.12. The van der Waals surface area contributed by atoms with Gasteiger partial charge in [0.1, 0.15) is 5.69 Å². The Hall–Kier alpha value is -5.46. The quantitative estimate of drug-likeness (QED) is 0.151. The van der Waals surface area contributed by atoms with Gasteiger partial charge in [0.25, 0.3) is 0 Å². The van der Waals surface area contributed by atoms with Gasteiger partial charge in [0.2, 0.25) is 34.7 Å². The Morgan fingerprint density at radius 3 is 2.55 bits per heavy atom. The molecule has 2 heterocycles. The number of pyridine rings is 1. The first kappa shape index (κ1) is 34.9. The molecule has 1 aliphatic carbocycles. The first-order valence-electron chi connectivity index (χ1n) is 16.3. The molecule has 1 aliphatic rings. The summed E-state index contributed by atoms with van der Waals surface area (Å²) in [7, 11) is 4.70. The van der Waals surface area contributed by atoms with Gasteiger partial charge in [0, 0.05) is 44.6 Å². The summed E-state index contributed by atoms with van der Waals surface area (Å²) < 4.78 is 22.4. The summed E-state index contributed by atoms with van der Waals surface area (Å²) in [4.78, 5) is 46.6. The number of benzene rings is 1. The average Bonchev–Trinajstić information content (AvgIpc) is 3.46. The van der Waals surface area contributed by atoms with Gasteiger partial charge >= 0.3 is 0 Å². The van der Waals surface area contributed by atoms with Crippen molar-refractivity contribution in [2.75, 3.05) is 39.7 Å². The summed E-state index contributed by atoms with van der Waals surface area (Å²) in [6.07, 6.45) is 5.97. The summed E-state index contributed by atoms with van der Waals surface area (Å²) in [6, 6.07) is 12.3. The Morgan fingerprint density at radius 2 is 1.82 bits per heavy atom. The van der Waals surface area contributed by atoms with Gasteiger partial charge in [-0.1, -0.05) is 23.7 Å². The third-order valence-electron chi connectivity index (χ3n) is 8.34. The molecule has 13 nitrogen and oxygen atoms in total. The van der Waals surface area contributed by atoms with Crippen LogP contribution in [0.5, 0.6) is 17.2 Å². The lowest BCUT2D eigenvalue weighted by Gasteiger charge is -2.19. The Labute approximate surface area is 284 Å². The third-order valence-corrected chi connectivity index (χ3v) is 8.34. The molecule has 3 N–H and O–H groups in total. The van der Waals surface area contributed by atoms with E-state index in [-0.39, 0.29) is 23.3 Å². The van der Waals surface area contributed by atoms with Crippen LogP contribution in [0.2, 0.25) is 0 Å². The van der Waals surface area contributed by atoms with E-state index in [1.807, 2.05) is 24.3 Å². The molecule has 0 saturated heterocycles. The van der Waals surface area contributed by atoms with E-state index in [4.69, 9.17) is 18.7 Å². The maximum Gasteiger partial charge on any atom is 0.228 e. The van der Waals surface area contributed by atoms with Gasteiger partial charge in [-0.15, -0.1) is 0 Å². The highest BCUT2D eigenvalue weighted by Crippen LogP contribution is 2.50. The number of nitrogens with one attached hydrogen (secondary N) is 3. The van der Waals surface area contributed by atoms with E-state index < -0.39 is 0 Å². The SMILES string of the molecule is COc1cc2c(c(OC)c1OC)-c1ccc(NCCCCCC(=O)NCCc3nc(-c4ccccn4)no3)c(=O)cc1[C@@H](NC(C)=O)CC2. The summed E-state index contributed by atoms with van der Waals surface area (Å²) in [5.74, 6) is 2.12. The molecule has 0 unspecified atom stereocenters. The van der Waals surface area contributed by atoms with Crippen LogP contribution in [0.3, 0.4) is 0 Å². The first-order chi connectivity index (χ1) is 23.8. The molecule has 0 bridgehead atoms. The highest BCUT2D eigenvalue weighted by Gasteiger charge is 2.29. The normalized spacial score (nSPS) is 13.3. The third kappa shape index (κ3) is 8.53. The van der Waals surface area contributed by atoms with Crippen LogP contribution < -0.4 is 35.6 Å². The number of aromatic nitrogens is 3. The number of hydrogen-bond acceptors (Lipinski definition) is 11. The molecule has 0 aliphatic heterocycles. The standard InChI is InChI=1S/C36H42N6O7/c1-22(43)40-26-14-12-23-20-30(46-2)34(47-3)35(48-4)33(23)24-13-15-27(29(44)21-25(24)26)37-17-8-5-6-11-31(45)39-19-16-32-41-36(42-49-32)28-10-7-9-18-38-28/h7,9-10,13,15,18,20-21,26H,5-6,8,11-12,14,16-17,19H2,1-4H3,(H,37,44)(H,39,45)(H,40,43)/t26-/m0/s1. The van der Waals surface area contributed by atoms with Crippen molar-refractivity contribution in [2.24, 2.45) is 0 Å². The largest absolute Gasteiger partial charge is 0.493 e. The fourth-order valence-corrected chi connectivity index (χ4v) is 6.02. The van der Waals surface area contributed by atoms with Crippen molar-refractivity contribution in [3.05, 3.63) is 75.9 Å².